The molecule has 41 heavy (non-hydrogen) atoms. The third-order valence-electron chi connectivity index (χ3n) is 7.31. The summed E-state index contributed by atoms with van der Waals surface area (Å²) in [5.41, 5.74) is -0.540. The molecule has 2 saturated heterocycles. The van der Waals surface area contributed by atoms with Gasteiger partial charge < -0.3 is 25.0 Å². The summed E-state index contributed by atoms with van der Waals surface area (Å²) in [6, 6.07) is 5.84. The van der Waals surface area contributed by atoms with Crippen molar-refractivity contribution in [1.29, 1.82) is 0 Å². The number of amides is 3. The molecule has 1 aromatic rings. The van der Waals surface area contributed by atoms with Crippen LogP contribution in [-0.2, 0) is 29.1 Å². The zero-order valence-corrected chi connectivity index (χ0v) is 24.8. The number of nitrogens with zero attached hydrogens (tertiary/aromatic N) is 2. The first-order valence-corrected chi connectivity index (χ1v) is 15.6. The summed E-state index contributed by atoms with van der Waals surface area (Å²) in [6.07, 6.45) is 3.54. The SMILES string of the molecule is CC(C)(C)OC(=O)N1CCC(CCC(=O)N2CCC[C@@H](C(=O)NC[C@H](NS(=O)(=O)c3ccccc3)C(=O)O)C2)CC1. The number of hydrogen-bond acceptors (Lipinski definition) is 7. The van der Waals surface area contributed by atoms with Crippen molar-refractivity contribution < 1.29 is 37.4 Å². The summed E-state index contributed by atoms with van der Waals surface area (Å²) in [5.74, 6) is -2.04. The maximum atomic E-state index is 12.9. The molecule has 0 bridgehead atoms. The third kappa shape index (κ3) is 9.99. The van der Waals surface area contributed by atoms with Crippen molar-refractivity contribution in [2.45, 2.75) is 75.8 Å². The van der Waals surface area contributed by atoms with Gasteiger partial charge >= 0.3 is 12.1 Å². The highest BCUT2D eigenvalue weighted by Gasteiger charge is 2.32. The van der Waals surface area contributed by atoms with Gasteiger partial charge in [0.25, 0.3) is 0 Å². The molecule has 0 spiro atoms. The molecule has 3 rings (SSSR count). The number of nitrogens with one attached hydrogen (secondary N) is 2. The van der Waals surface area contributed by atoms with E-state index in [0.29, 0.717) is 51.2 Å². The van der Waals surface area contributed by atoms with Crippen molar-refractivity contribution in [2.24, 2.45) is 11.8 Å². The summed E-state index contributed by atoms with van der Waals surface area (Å²) >= 11 is 0. The molecule has 0 saturated carbocycles. The van der Waals surface area contributed by atoms with Gasteiger partial charge in [-0.25, -0.2) is 13.2 Å². The Morgan fingerprint density at radius 2 is 1.68 bits per heavy atom. The summed E-state index contributed by atoms with van der Waals surface area (Å²) < 4.78 is 32.6. The number of hydrogen-bond donors (Lipinski definition) is 3. The van der Waals surface area contributed by atoms with Gasteiger partial charge in [0.15, 0.2) is 0 Å². The summed E-state index contributed by atoms with van der Waals surface area (Å²) in [4.78, 5) is 53.1. The highest BCUT2D eigenvalue weighted by atomic mass is 32.2. The molecular formula is C28H42N4O8S. The Hall–Kier alpha value is -3.19. The molecule has 0 radical (unpaired) electrons. The largest absolute Gasteiger partial charge is 0.480 e. The van der Waals surface area contributed by atoms with E-state index in [9.17, 15) is 32.7 Å². The highest BCUT2D eigenvalue weighted by molar-refractivity contribution is 7.89. The lowest BCUT2D eigenvalue weighted by molar-refractivity contribution is -0.139. The first-order chi connectivity index (χ1) is 19.2. The van der Waals surface area contributed by atoms with Crippen LogP contribution in [0.2, 0.25) is 0 Å². The molecule has 0 aromatic heterocycles. The fourth-order valence-corrected chi connectivity index (χ4v) is 6.23. The van der Waals surface area contributed by atoms with Gasteiger partial charge in [0, 0.05) is 39.1 Å². The molecule has 1 aromatic carbocycles. The monoisotopic (exact) mass is 594 g/mol. The van der Waals surface area contributed by atoms with E-state index in [1.807, 2.05) is 20.8 Å². The number of ether oxygens (including phenoxy) is 1. The molecule has 2 aliphatic heterocycles. The van der Waals surface area contributed by atoms with Crippen molar-refractivity contribution in [3.63, 3.8) is 0 Å². The van der Waals surface area contributed by atoms with Crippen LogP contribution in [-0.4, -0.2) is 91.6 Å². The maximum Gasteiger partial charge on any atom is 0.410 e. The maximum absolute atomic E-state index is 12.9. The van der Waals surface area contributed by atoms with Crippen LogP contribution in [0.1, 0.15) is 59.3 Å². The summed E-state index contributed by atoms with van der Waals surface area (Å²) in [5, 5.41) is 12.1. The number of likely N-dealkylation sites (tertiary alicyclic amines) is 2. The van der Waals surface area contributed by atoms with Crippen LogP contribution in [0.25, 0.3) is 0 Å². The van der Waals surface area contributed by atoms with Crippen LogP contribution in [0, 0.1) is 11.8 Å². The third-order valence-corrected chi connectivity index (χ3v) is 8.79. The molecule has 2 heterocycles. The molecule has 2 fully saturated rings. The number of rotatable bonds is 10. The molecular weight excluding hydrogens is 552 g/mol. The van der Waals surface area contributed by atoms with Crippen LogP contribution in [0.4, 0.5) is 4.79 Å². The van der Waals surface area contributed by atoms with Gasteiger partial charge in [0.1, 0.15) is 11.6 Å². The molecule has 12 nitrogen and oxygen atoms in total. The number of carboxylic acids is 1. The van der Waals surface area contributed by atoms with E-state index in [0.717, 1.165) is 12.8 Å². The summed E-state index contributed by atoms with van der Waals surface area (Å²) in [6.45, 7) is 7.05. The van der Waals surface area contributed by atoms with Gasteiger partial charge in [-0.3, -0.25) is 14.4 Å². The van der Waals surface area contributed by atoms with E-state index in [1.165, 1.54) is 24.3 Å². The molecule has 0 unspecified atom stereocenters. The van der Waals surface area contributed by atoms with Crippen molar-refractivity contribution in [3.8, 4) is 0 Å². The Balaban J connectivity index is 1.43. The van der Waals surface area contributed by atoms with Crippen molar-refractivity contribution in [1.82, 2.24) is 19.8 Å². The fourth-order valence-electron chi connectivity index (χ4n) is 5.02. The molecule has 0 aliphatic carbocycles. The minimum atomic E-state index is -4.09. The van der Waals surface area contributed by atoms with Crippen molar-refractivity contribution >= 4 is 33.9 Å². The number of aliphatic carboxylic acids is 1. The Kier molecular flexibility index (Phi) is 11.1. The number of piperidine rings is 2. The number of benzene rings is 1. The molecule has 3 N–H and O–H groups in total. The average Bonchev–Trinajstić information content (AvgIpc) is 2.93. The van der Waals surface area contributed by atoms with Crippen LogP contribution < -0.4 is 10.0 Å². The standard InChI is InChI=1S/C28H42N4O8S/c1-28(2,3)40-27(37)31-16-13-20(14-17-31)11-12-24(33)32-15-7-8-21(19-32)25(34)29-18-23(26(35)36)30-41(38,39)22-9-5-4-6-10-22/h4-6,9-10,20-21,23,30H,7-8,11-19H2,1-3H3,(H,29,34)(H,35,36)/t21-,23+/m1/s1. The van der Waals surface area contributed by atoms with Crippen LogP contribution in [0.5, 0.6) is 0 Å². The Labute approximate surface area is 241 Å². The van der Waals surface area contributed by atoms with Crippen LogP contribution in [0.3, 0.4) is 0 Å². The lowest BCUT2D eigenvalue weighted by Crippen LogP contribution is -2.51. The number of sulfonamides is 1. The predicted molar refractivity (Wildman–Crippen MR) is 150 cm³/mol. The minimum absolute atomic E-state index is 0.0314. The van der Waals surface area contributed by atoms with Gasteiger partial charge in [-0.2, -0.15) is 4.72 Å². The van der Waals surface area contributed by atoms with E-state index in [-0.39, 0.29) is 23.4 Å². The Bertz CT molecular complexity index is 1180. The van der Waals surface area contributed by atoms with Gasteiger partial charge in [0.05, 0.1) is 10.8 Å². The van der Waals surface area contributed by atoms with Crippen molar-refractivity contribution in [3.05, 3.63) is 30.3 Å². The lowest BCUT2D eigenvalue weighted by Gasteiger charge is -2.34. The van der Waals surface area contributed by atoms with E-state index < -0.39 is 46.0 Å². The molecule has 228 valence electrons. The fraction of sp³-hybridized carbons (Fsp3) is 0.643. The van der Waals surface area contributed by atoms with E-state index in [4.69, 9.17) is 4.74 Å². The van der Waals surface area contributed by atoms with E-state index in [2.05, 4.69) is 10.0 Å². The molecule has 13 heteroatoms. The van der Waals surface area contributed by atoms with Crippen LogP contribution >= 0.6 is 0 Å². The topological polar surface area (TPSA) is 162 Å². The number of carboxylic acid groups (broad SMARTS) is 1. The second kappa shape index (κ2) is 14.1. The van der Waals surface area contributed by atoms with E-state index >= 15 is 0 Å². The van der Waals surface area contributed by atoms with Gasteiger partial charge in [-0.05, 0) is 70.9 Å². The number of carbonyl (C=O) groups is 4. The zero-order chi connectivity index (χ0) is 30.2. The highest BCUT2D eigenvalue weighted by Crippen LogP contribution is 2.25. The first kappa shape index (κ1) is 32.3. The number of carbonyl (C=O) groups excluding carboxylic acids is 3. The van der Waals surface area contributed by atoms with Gasteiger partial charge in [-0.1, -0.05) is 18.2 Å². The first-order valence-electron chi connectivity index (χ1n) is 14.1. The normalized spacial score (nSPS) is 19.3. The quantitative estimate of drug-likeness (QED) is 0.371. The summed E-state index contributed by atoms with van der Waals surface area (Å²) in [7, 11) is -4.09. The predicted octanol–water partition coefficient (Wildman–Crippen LogP) is 2.20. The molecule has 2 atom stereocenters. The molecule has 2 aliphatic rings. The van der Waals surface area contributed by atoms with E-state index in [1.54, 1.807) is 15.9 Å². The molecule has 3 amide bonds. The van der Waals surface area contributed by atoms with Crippen molar-refractivity contribution in [2.75, 3.05) is 32.7 Å². The second-order valence-corrected chi connectivity index (χ2v) is 13.4. The zero-order valence-electron chi connectivity index (χ0n) is 24.0. The van der Waals surface area contributed by atoms with Gasteiger partial charge in [0.2, 0.25) is 21.8 Å². The Morgan fingerprint density at radius 1 is 1.02 bits per heavy atom. The van der Waals surface area contributed by atoms with Gasteiger partial charge in [-0.15, -0.1) is 0 Å². The Morgan fingerprint density at radius 3 is 2.29 bits per heavy atom. The average molecular weight is 595 g/mol. The minimum Gasteiger partial charge on any atom is -0.480 e. The van der Waals surface area contributed by atoms with Crippen LogP contribution in [0.15, 0.2) is 35.2 Å². The second-order valence-electron chi connectivity index (χ2n) is 11.7. The lowest BCUT2D eigenvalue weighted by atomic mass is 9.91. The smallest absolute Gasteiger partial charge is 0.410 e.